The van der Waals surface area contributed by atoms with Gasteiger partial charge >= 0.3 is 7.12 Å². The molecule has 5 aromatic rings. The molecule has 46 heavy (non-hydrogen) atoms. The van der Waals surface area contributed by atoms with E-state index in [9.17, 15) is 0 Å². The molecule has 4 heteroatoms. The third-order valence-corrected chi connectivity index (χ3v) is 9.10. The Kier molecular flexibility index (Phi) is 8.68. The summed E-state index contributed by atoms with van der Waals surface area (Å²) in [5.41, 5.74) is 10.3. The molecule has 3 nitrogen and oxygen atoms in total. The Morgan fingerprint density at radius 1 is 0.565 bits per heavy atom. The third-order valence-electron chi connectivity index (χ3n) is 9.10. The lowest BCUT2D eigenvalue weighted by Crippen LogP contribution is -2.41. The highest BCUT2D eigenvalue weighted by atomic mass is 16.7. The van der Waals surface area contributed by atoms with E-state index in [0.717, 1.165) is 44.8 Å². The Morgan fingerprint density at radius 2 is 0.978 bits per heavy atom. The first-order valence-electron chi connectivity index (χ1n) is 15.8. The molecule has 0 aliphatic carbocycles. The fourth-order valence-electron chi connectivity index (χ4n) is 5.71. The number of benzene rings is 5. The van der Waals surface area contributed by atoms with E-state index in [1.807, 2.05) is 18.2 Å². The summed E-state index contributed by atoms with van der Waals surface area (Å²) in [5, 5.41) is 0. The summed E-state index contributed by atoms with van der Waals surface area (Å²) in [6, 6.07) is 45.0. The summed E-state index contributed by atoms with van der Waals surface area (Å²) in [5.74, 6) is 0. The first-order chi connectivity index (χ1) is 22.2. The highest BCUT2D eigenvalue weighted by Gasteiger charge is 2.51. The Morgan fingerprint density at radius 3 is 1.41 bits per heavy atom. The standard InChI is InChI=1S/C42H40BNO2/c1-7-12-31(8-2)33-17-25-38(26-18-33)44(39-27-19-35(20-28-39)32-13-10-9-11-14-32)40-29-21-36(22-30-40)34-15-23-37(24-16-34)43-45-41(3,4)42(5,6)46-43/h7-30H,1-2H2,3-6H3/b31-12+. The van der Waals surface area contributed by atoms with Gasteiger partial charge in [-0.05, 0) is 103 Å². The summed E-state index contributed by atoms with van der Waals surface area (Å²) >= 11 is 0. The third kappa shape index (κ3) is 6.28. The van der Waals surface area contributed by atoms with Gasteiger partial charge in [-0.3, -0.25) is 0 Å². The molecule has 0 bridgehead atoms. The van der Waals surface area contributed by atoms with E-state index in [-0.39, 0.29) is 18.3 Å². The van der Waals surface area contributed by atoms with Gasteiger partial charge in [-0.15, -0.1) is 0 Å². The number of hydrogen-bond donors (Lipinski definition) is 0. The summed E-state index contributed by atoms with van der Waals surface area (Å²) in [7, 11) is -0.371. The van der Waals surface area contributed by atoms with Gasteiger partial charge < -0.3 is 14.2 Å². The Balaban J connectivity index is 1.30. The van der Waals surface area contributed by atoms with E-state index in [1.165, 1.54) is 11.1 Å². The summed E-state index contributed by atoms with van der Waals surface area (Å²) in [6.07, 6.45) is 5.62. The van der Waals surface area contributed by atoms with Crippen LogP contribution >= 0.6 is 0 Å². The molecule has 1 aliphatic rings. The molecular weight excluding hydrogens is 561 g/mol. The number of rotatable bonds is 9. The second-order valence-electron chi connectivity index (χ2n) is 12.6. The Hall–Kier alpha value is -4.90. The van der Waals surface area contributed by atoms with Gasteiger partial charge in [-0.2, -0.15) is 0 Å². The van der Waals surface area contributed by atoms with Gasteiger partial charge in [0.25, 0.3) is 0 Å². The van der Waals surface area contributed by atoms with Crippen LogP contribution in [0.5, 0.6) is 0 Å². The van der Waals surface area contributed by atoms with Crippen LogP contribution in [0.25, 0.3) is 27.8 Å². The van der Waals surface area contributed by atoms with Gasteiger partial charge in [0.15, 0.2) is 0 Å². The van der Waals surface area contributed by atoms with E-state index >= 15 is 0 Å². The Labute approximate surface area is 274 Å². The van der Waals surface area contributed by atoms with Crippen molar-refractivity contribution in [2.75, 3.05) is 4.90 Å². The number of allylic oxidation sites excluding steroid dienone is 4. The maximum absolute atomic E-state index is 6.25. The summed E-state index contributed by atoms with van der Waals surface area (Å²) < 4.78 is 12.5. The van der Waals surface area contributed by atoms with Crippen LogP contribution in [0.4, 0.5) is 17.1 Å². The van der Waals surface area contributed by atoms with Gasteiger partial charge in [-0.1, -0.05) is 122 Å². The Bertz CT molecular complexity index is 1820. The van der Waals surface area contributed by atoms with Crippen molar-refractivity contribution in [2.24, 2.45) is 0 Å². The van der Waals surface area contributed by atoms with Crippen LogP contribution in [-0.2, 0) is 9.31 Å². The summed E-state index contributed by atoms with van der Waals surface area (Å²) in [4.78, 5) is 2.29. The highest BCUT2D eigenvalue weighted by Crippen LogP contribution is 2.38. The minimum absolute atomic E-state index is 0.365. The van der Waals surface area contributed by atoms with Crippen LogP contribution in [0.15, 0.2) is 159 Å². The van der Waals surface area contributed by atoms with Crippen LogP contribution < -0.4 is 10.4 Å². The molecule has 0 N–H and O–H groups in total. The topological polar surface area (TPSA) is 21.7 Å². The number of anilines is 3. The largest absolute Gasteiger partial charge is 0.494 e. The van der Waals surface area contributed by atoms with Gasteiger partial charge in [-0.25, -0.2) is 0 Å². The molecular formula is C42H40BNO2. The van der Waals surface area contributed by atoms with Crippen molar-refractivity contribution in [1.82, 2.24) is 0 Å². The predicted molar refractivity (Wildman–Crippen MR) is 196 cm³/mol. The van der Waals surface area contributed by atoms with Crippen LogP contribution in [0.2, 0.25) is 0 Å². The van der Waals surface area contributed by atoms with Crippen molar-refractivity contribution in [3.05, 3.63) is 164 Å². The molecule has 228 valence electrons. The quantitative estimate of drug-likeness (QED) is 0.124. The second kappa shape index (κ2) is 12.8. The van der Waals surface area contributed by atoms with Crippen LogP contribution in [0, 0.1) is 0 Å². The van der Waals surface area contributed by atoms with Crippen molar-refractivity contribution in [1.29, 1.82) is 0 Å². The molecule has 1 aliphatic heterocycles. The lowest BCUT2D eigenvalue weighted by Gasteiger charge is -2.32. The SMILES string of the molecule is C=C/C=C(\C=C)c1ccc(N(c2ccc(-c3ccccc3)cc2)c2ccc(-c3ccc(B4OC(C)(C)C(C)(C)O4)cc3)cc2)cc1. The molecule has 0 saturated carbocycles. The molecule has 1 fully saturated rings. The van der Waals surface area contributed by atoms with Gasteiger partial charge in [0.05, 0.1) is 11.2 Å². The average molecular weight is 602 g/mol. The van der Waals surface area contributed by atoms with E-state index in [1.54, 1.807) is 6.08 Å². The molecule has 0 unspecified atom stereocenters. The fraction of sp³-hybridized carbons (Fsp3) is 0.143. The van der Waals surface area contributed by atoms with Crippen molar-refractivity contribution >= 4 is 35.2 Å². The maximum atomic E-state index is 6.25. The molecule has 1 saturated heterocycles. The molecule has 0 atom stereocenters. The van der Waals surface area contributed by atoms with Crippen molar-refractivity contribution < 1.29 is 9.31 Å². The average Bonchev–Trinajstić information content (AvgIpc) is 3.31. The zero-order valence-electron chi connectivity index (χ0n) is 27.1. The first kappa shape index (κ1) is 31.1. The van der Waals surface area contributed by atoms with E-state index < -0.39 is 0 Å². The van der Waals surface area contributed by atoms with Crippen molar-refractivity contribution in [2.45, 2.75) is 38.9 Å². The number of nitrogens with zero attached hydrogens (tertiary/aromatic N) is 1. The molecule has 6 rings (SSSR count). The zero-order valence-corrected chi connectivity index (χ0v) is 27.1. The maximum Gasteiger partial charge on any atom is 0.494 e. The van der Waals surface area contributed by atoms with Crippen LogP contribution in [0.1, 0.15) is 33.3 Å². The normalized spacial score (nSPS) is 15.4. The molecule has 1 heterocycles. The van der Waals surface area contributed by atoms with Crippen molar-refractivity contribution in [3.8, 4) is 22.3 Å². The van der Waals surface area contributed by atoms with Gasteiger partial charge in [0.1, 0.15) is 0 Å². The van der Waals surface area contributed by atoms with E-state index in [2.05, 4.69) is 167 Å². The van der Waals surface area contributed by atoms with Gasteiger partial charge in [0.2, 0.25) is 0 Å². The minimum Gasteiger partial charge on any atom is -0.399 e. The smallest absolute Gasteiger partial charge is 0.399 e. The monoisotopic (exact) mass is 601 g/mol. The highest BCUT2D eigenvalue weighted by molar-refractivity contribution is 6.62. The fourth-order valence-corrected chi connectivity index (χ4v) is 5.71. The van der Waals surface area contributed by atoms with Crippen LogP contribution in [-0.4, -0.2) is 18.3 Å². The molecule has 0 spiro atoms. The lowest BCUT2D eigenvalue weighted by molar-refractivity contribution is 0.00578. The summed E-state index contributed by atoms with van der Waals surface area (Å²) in [6.45, 7) is 16.1. The van der Waals surface area contributed by atoms with Crippen LogP contribution in [0.3, 0.4) is 0 Å². The number of hydrogen-bond acceptors (Lipinski definition) is 3. The predicted octanol–water partition coefficient (Wildman–Crippen LogP) is 10.5. The first-order valence-corrected chi connectivity index (χ1v) is 15.8. The molecule has 0 aromatic heterocycles. The molecule has 0 amide bonds. The van der Waals surface area contributed by atoms with Gasteiger partial charge in [0, 0.05) is 17.1 Å². The minimum atomic E-state index is -0.371. The van der Waals surface area contributed by atoms with E-state index in [4.69, 9.17) is 9.31 Å². The molecule has 5 aromatic carbocycles. The van der Waals surface area contributed by atoms with E-state index in [0.29, 0.717) is 0 Å². The molecule has 0 radical (unpaired) electrons. The lowest BCUT2D eigenvalue weighted by atomic mass is 9.78. The second-order valence-corrected chi connectivity index (χ2v) is 12.6. The van der Waals surface area contributed by atoms with Crippen molar-refractivity contribution in [3.63, 3.8) is 0 Å². The zero-order chi connectivity index (χ0) is 32.3.